The Morgan fingerprint density at radius 3 is 1.77 bits per heavy atom. The lowest BCUT2D eigenvalue weighted by atomic mass is 10.1. The second kappa shape index (κ2) is 36.8. The Kier molecular flexibility index (Phi) is 34.9. The van der Waals surface area contributed by atoms with Crippen molar-refractivity contribution in [2.75, 3.05) is 26.4 Å². The Labute approximate surface area is 314 Å². The van der Waals surface area contributed by atoms with Crippen LogP contribution >= 0.6 is 7.82 Å². The van der Waals surface area contributed by atoms with Crippen molar-refractivity contribution in [3.63, 3.8) is 0 Å². The summed E-state index contributed by atoms with van der Waals surface area (Å²) >= 11 is 0. The number of allylic oxidation sites excluding steroid dienone is 11. The first-order valence-corrected chi connectivity index (χ1v) is 21.0. The Hall–Kier alpha value is -2.59. The minimum absolute atomic E-state index is 0.0147. The van der Waals surface area contributed by atoms with Crippen LogP contribution in [0.15, 0.2) is 72.9 Å². The molecule has 2 unspecified atom stereocenters. The summed E-state index contributed by atoms with van der Waals surface area (Å²) in [6.45, 7) is 3.30. The number of phosphoric ester groups is 1. The number of carbonyl (C=O) groups is 2. The lowest BCUT2D eigenvalue weighted by molar-refractivity contribution is -0.161. The van der Waals surface area contributed by atoms with Crippen molar-refractivity contribution in [1.29, 1.82) is 0 Å². The van der Waals surface area contributed by atoms with Crippen molar-refractivity contribution in [1.82, 2.24) is 0 Å². The molecule has 0 aromatic carbocycles. The summed E-state index contributed by atoms with van der Waals surface area (Å²) in [5.41, 5.74) is 5.32. The maximum atomic E-state index is 12.5. The Morgan fingerprint density at radius 1 is 0.673 bits per heavy atom. The highest BCUT2D eigenvalue weighted by Gasteiger charge is 2.26. The molecular weight excluding hydrogens is 681 g/mol. The number of aliphatic hydroxyl groups is 1. The summed E-state index contributed by atoms with van der Waals surface area (Å²) in [4.78, 5) is 34.7. The van der Waals surface area contributed by atoms with Crippen LogP contribution in [-0.4, -0.2) is 60.5 Å². The number of ether oxygens (including phenoxy) is 2. The first kappa shape index (κ1) is 49.4. The molecule has 0 aromatic rings. The first-order chi connectivity index (χ1) is 25.2. The van der Waals surface area contributed by atoms with E-state index in [9.17, 15) is 24.2 Å². The third-order valence-electron chi connectivity index (χ3n) is 7.72. The molecule has 0 aromatic heterocycles. The van der Waals surface area contributed by atoms with E-state index >= 15 is 0 Å². The molecule has 0 aliphatic rings. The number of carbonyl (C=O) groups excluding carboxylic acids is 2. The number of hydrogen-bond acceptors (Lipinski definition) is 9. The molecule has 3 atom stereocenters. The predicted octanol–water partition coefficient (Wildman–Crippen LogP) is 9.68. The minimum Gasteiger partial charge on any atom is -0.462 e. The number of unbranched alkanes of at least 4 members (excludes halogenated alkanes) is 10. The maximum absolute atomic E-state index is 12.5. The Balaban J connectivity index is 4.49. The second-order valence-corrected chi connectivity index (χ2v) is 14.1. The molecule has 0 amide bonds. The molecule has 0 aliphatic carbocycles. The van der Waals surface area contributed by atoms with Crippen molar-refractivity contribution in [3.05, 3.63) is 72.9 Å². The number of nitrogens with two attached hydrogens (primary N) is 1. The molecule has 0 radical (unpaired) electrons. The second-order valence-electron chi connectivity index (χ2n) is 12.6. The number of hydrogen-bond donors (Lipinski definition) is 3. The van der Waals surface area contributed by atoms with Gasteiger partial charge in [-0.15, -0.1) is 0 Å². The largest absolute Gasteiger partial charge is 0.472 e. The minimum atomic E-state index is -4.44. The number of rotatable bonds is 35. The van der Waals surface area contributed by atoms with Gasteiger partial charge in [0, 0.05) is 19.4 Å². The molecule has 0 saturated carbocycles. The van der Waals surface area contributed by atoms with Crippen LogP contribution in [0.1, 0.15) is 136 Å². The van der Waals surface area contributed by atoms with Gasteiger partial charge in [0.2, 0.25) is 0 Å². The Morgan fingerprint density at radius 2 is 1.21 bits per heavy atom. The van der Waals surface area contributed by atoms with Crippen molar-refractivity contribution < 1.29 is 42.7 Å². The summed E-state index contributed by atoms with van der Waals surface area (Å²) in [5, 5.41) is 10.3. The fraction of sp³-hybridized carbons (Fsp3) is 0.659. The summed E-state index contributed by atoms with van der Waals surface area (Å²) in [7, 11) is -4.44. The van der Waals surface area contributed by atoms with Crippen LogP contribution in [0.3, 0.4) is 0 Å². The van der Waals surface area contributed by atoms with Gasteiger partial charge >= 0.3 is 19.8 Å². The lowest BCUT2D eigenvalue weighted by Gasteiger charge is -2.20. The van der Waals surface area contributed by atoms with Gasteiger partial charge in [0.1, 0.15) is 6.61 Å². The smallest absolute Gasteiger partial charge is 0.462 e. The monoisotopic (exact) mass is 751 g/mol. The van der Waals surface area contributed by atoms with Crippen LogP contribution in [0.25, 0.3) is 0 Å². The average Bonchev–Trinajstić information content (AvgIpc) is 3.13. The van der Waals surface area contributed by atoms with Crippen molar-refractivity contribution in [3.8, 4) is 0 Å². The van der Waals surface area contributed by atoms with E-state index in [2.05, 4.69) is 62.5 Å². The zero-order valence-electron chi connectivity index (χ0n) is 32.1. The van der Waals surface area contributed by atoms with E-state index in [1.54, 1.807) is 12.2 Å². The maximum Gasteiger partial charge on any atom is 0.472 e. The molecule has 0 spiro atoms. The van der Waals surface area contributed by atoms with E-state index in [0.717, 1.165) is 51.4 Å². The van der Waals surface area contributed by atoms with Crippen LogP contribution in [0.5, 0.6) is 0 Å². The molecule has 298 valence electrons. The molecule has 0 fully saturated rings. The zero-order valence-corrected chi connectivity index (χ0v) is 33.0. The van der Waals surface area contributed by atoms with Gasteiger partial charge in [0.05, 0.1) is 19.3 Å². The summed E-state index contributed by atoms with van der Waals surface area (Å²) in [6, 6.07) is 0. The van der Waals surface area contributed by atoms with Crippen LogP contribution in [0, 0.1) is 0 Å². The quantitative estimate of drug-likeness (QED) is 0.0187. The fourth-order valence-electron chi connectivity index (χ4n) is 4.80. The van der Waals surface area contributed by atoms with E-state index in [-0.39, 0.29) is 39.0 Å². The van der Waals surface area contributed by atoms with E-state index in [4.69, 9.17) is 24.3 Å². The number of aliphatic hydroxyl groups excluding tert-OH is 1. The molecule has 11 heteroatoms. The SMILES string of the molecule is CC/C=C\C/C=C\C/C=C\C/C=C\C/C=C\C=C/C(O)CCC(=O)O[C@H](COC(=O)CCCCCCCCCCCCC)COP(=O)(O)OCCN. The topological polar surface area (TPSA) is 155 Å². The lowest BCUT2D eigenvalue weighted by Crippen LogP contribution is -2.30. The average molecular weight is 752 g/mol. The zero-order chi connectivity index (χ0) is 38.4. The van der Waals surface area contributed by atoms with Crippen LogP contribution < -0.4 is 5.73 Å². The normalized spacial score (nSPS) is 14.8. The molecule has 52 heavy (non-hydrogen) atoms. The van der Waals surface area contributed by atoms with Gasteiger partial charge in [0.25, 0.3) is 0 Å². The number of phosphoric acid groups is 1. The first-order valence-electron chi connectivity index (χ1n) is 19.5. The van der Waals surface area contributed by atoms with Gasteiger partial charge in [-0.1, -0.05) is 151 Å². The van der Waals surface area contributed by atoms with E-state index in [0.29, 0.717) is 6.42 Å². The van der Waals surface area contributed by atoms with Gasteiger partial charge in [-0.3, -0.25) is 18.6 Å². The summed E-state index contributed by atoms with van der Waals surface area (Å²) in [6.07, 6.45) is 39.8. The molecule has 10 nitrogen and oxygen atoms in total. The van der Waals surface area contributed by atoms with Crippen molar-refractivity contribution >= 4 is 19.8 Å². The van der Waals surface area contributed by atoms with Gasteiger partial charge in [0.15, 0.2) is 6.10 Å². The fourth-order valence-corrected chi connectivity index (χ4v) is 5.57. The van der Waals surface area contributed by atoms with Crippen molar-refractivity contribution in [2.45, 2.75) is 148 Å². The molecule has 0 rings (SSSR count). The molecular formula is C41H70NO9P. The van der Waals surface area contributed by atoms with Crippen LogP contribution in [0.2, 0.25) is 0 Å². The van der Waals surface area contributed by atoms with E-state index in [1.165, 1.54) is 44.9 Å². The van der Waals surface area contributed by atoms with Gasteiger partial charge in [-0.2, -0.15) is 0 Å². The number of esters is 2. The van der Waals surface area contributed by atoms with Gasteiger partial charge in [-0.25, -0.2) is 4.57 Å². The van der Waals surface area contributed by atoms with E-state index < -0.39 is 38.6 Å². The third-order valence-corrected chi connectivity index (χ3v) is 8.71. The molecule has 4 N–H and O–H groups in total. The predicted molar refractivity (Wildman–Crippen MR) is 212 cm³/mol. The highest BCUT2D eigenvalue weighted by Crippen LogP contribution is 2.43. The standard InChI is InChI=1S/C41H70NO9P/c1-3-5-7-9-11-13-15-16-17-18-19-21-22-24-26-28-30-38(43)32-33-41(45)51-39(37-50-52(46,47)49-35-34-42)36-48-40(44)31-29-27-25-23-20-14-12-10-8-6-4-2/h5,7,11,13,16-17,19,21,24,26,28,30,38-39,43H,3-4,6,8-10,12,14-15,18,20,22-23,25,27,29,31-37,42H2,1-2H3,(H,46,47)/b7-5-,13-11-,17-16-,21-19-,26-24-,30-28-/t38?,39-/m1/s1. The Bertz CT molecular complexity index is 1100. The highest BCUT2D eigenvalue weighted by atomic mass is 31.2. The van der Waals surface area contributed by atoms with Crippen LogP contribution in [-0.2, 0) is 32.7 Å². The van der Waals surface area contributed by atoms with Crippen LogP contribution in [0.4, 0.5) is 0 Å². The summed E-state index contributed by atoms with van der Waals surface area (Å²) < 4.78 is 32.4. The molecule has 0 bridgehead atoms. The molecule has 0 heterocycles. The van der Waals surface area contributed by atoms with E-state index in [1.807, 2.05) is 12.2 Å². The van der Waals surface area contributed by atoms with Gasteiger partial charge < -0.3 is 25.2 Å². The molecule has 0 aliphatic heterocycles. The summed E-state index contributed by atoms with van der Waals surface area (Å²) in [5.74, 6) is -1.12. The highest BCUT2D eigenvalue weighted by molar-refractivity contribution is 7.47. The van der Waals surface area contributed by atoms with Gasteiger partial charge in [-0.05, 0) is 44.9 Å². The van der Waals surface area contributed by atoms with Crippen molar-refractivity contribution in [2.24, 2.45) is 5.73 Å². The molecule has 0 saturated heterocycles. The third kappa shape index (κ3) is 35.8.